The summed E-state index contributed by atoms with van der Waals surface area (Å²) in [6.45, 7) is 5.23. The number of nitrogens with zero attached hydrogens (tertiary/aromatic N) is 4. The van der Waals surface area contributed by atoms with Crippen LogP contribution in [0.25, 0.3) is 11.4 Å². The van der Waals surface area contributed by atoms with E-state index in [0.717, 1.165) is 50.9 Å². The van der Waals surface area contributed by atoms with E-state index >= 15 is 0 Å². The number of carbonyl (C=O) groups excluding carboxylic acids is 1. The van der Waals surface area contributed by atoms with Crippen molar-refractivity contribution in [1.82, 2.24) is 19.9 Å². The Balaban J connectivity index is 1.54. The standard InChI is InChI=1S/C21H25F3N4O2/c1-13(27-10-4-8-17(27)18-9-5-11-28(18)14(2)29)20-25-19(26-30-20)15-6-3-7-16(12-15)21(22,23)24/h3,6-7,12-13,17-18H,4-5,8-11H2,1-2H3/t13-,17-,18+/m0/s1. The number of hydrogen-bond donors (Lipinski definition) is 0. The molecule has 0 radical (unpaired) electrons. The number of aromatic nitrogens is 2. The van der Waals surface area contributed by atoms with Crippen LogP contribution >= 0.6 is 0 Å². The molecule has 1 aromatic heterocycles. The largest absolute Gasteiger partial charge is 0.416 e. The Labute approximate surface area is 173 Å². The van der Waals surface area contributed by atoms with E-state index in [-0.39, 0.29) is 35.4 Å². The molecule has 2 saturated heterocycles. The lowest BCUT2D eigenvalue weighted by Gasteiger charge is -2.36. The number of alkyl halides is 3. The van der Waals surface area contributed by atoms with Gasteiger partial charge < -0.3 is 9.42 Å². The summed E-state index contributed by atoms with van der Waals surface area (Å²) in [4.78, 5) is 20.6. The molecule has 2 aromatic rings. The van der Waals surface area contributed by atoms with Gasteiger partial charge in [-0.2, -0.15) is 18.2 Å². The zero-order valence-electron chi connectivity index (χ0n) is 17.0. The third-order valence-corrected chi connectivity index (χ3v) is 6.23. The molecular formula is C21H25F3N4O2. The first kappa shape index (κ1) is 20.8. The van der Waals surface area contributed by atoms with Gasteiger partial charge in [-0.05, 0) is 51.3 Å². The van der Waals surface area contributed by atoms with E-state index in [1.165, 1.54) is 12.1 Å². The molecule has 162 valence electrons. The van der Waals surface area contributed by atoms with Crippen LogP contribution in [0.4, 0.5) is 13.2 Å². The van der Waals surface area contributed by atoms with Crippen LogP contribution in [0, 0.1) is 0 Å². The Morgan fingerprint density at radius 2 is 1.93 bits per heavy atom. The molecule has 9 heteroatoms. The second-order valence-corrected chi connectivity index (χ2v) is 8.08. The van der Waals surface area contributed by atoms with Crippen molar-refractivity contribution < 1.29 is 22.5 Å². The van der Waals surface area contributed by atoms with Gasteiger partial charge in [0.15, 0.2) is 0 Å². The number of hydrogen-bond acceptors (Lipinski definition) is 5. The van der Waals surface area contributed by atoms with Crippen LogP contribution in [-0.2, 0) is 11.0 Å². The smallest absolute Gasteiger partial charge is 0.338 e. The van der Waals surface area contributed by atoms with Crippen LogP contribution in [0.15, 0.2) is 28.8 Å². The molecule has 1 amide bonds. The maximum Gasteiger partial charge on any atom is 0.416 e. The third kappa shape index (κ3) is 3.95. The van der Waals surface area contributed by atoms with Gasteiger partial charge in [-0.1, -0.05) is 17.3 Å². The number of carbonyl (C=O) groups is 1. The molecule has 6 nitrogen and oxygen atoms in total. The maximum absolute atomic E-state index is 13.0. The monoisotopic (exact) mass is 422 g/mol. The highest BCUT2D eigenvalue weighted by Gasteiger charge is 2.41. The summed E-state index contributed by atoms with van der Waals surface area (Å²) in [5.41, 5.74) is -0.479. The molecule has 2 aliphatic rings. The minimum atomic E-state index is -4.43. The minimum Gasteiger partial charge on any atom is -0.338 e. The van der Waals surface area contributed by atoms with Gasteiger partial charge in [0.2, 0.25) is 17.6 Å². The average Bonchev–Trinajstić information content (AvgIpc) is 3.46. The molecule has 0 N–H and O–H groups in total. The fourth-order valence-electron chi connectivity index (χ4n) is 4.79. The molecule has 30 heavy (non-hydrogen) atoms. The topological polar surface area (TPSA) is 62.5 Å². The van der Waals surface area contributed by atoms with E-state index in [2.05, 4.69) is 15.0 Å². The zero-order chi connectivity index (χ0) is 21.5. The molecule has 0 unspecified atom stereocenters. The van der Waals surface area contributed by atoms with Crippen LogP contribution < -0.4 is 0 Å². The quantitative estimate of drug-likeness (QED) is 0.736. The van der Waals surface area contributed by atoms with Gasteiger partial charge in [-0.15, -0.1) is 0 Å². The van der Waals surface area contributed by atoms with E-state index in [9.17, 15) is 18.0 Å². The van der Waals surface area contributed by atoms with Crippen molar-refractivity contribution in [2.45, 2.75) is 63.8 Å². The lowest BCUT2D eigenvalue weighted by Crippen LogP contribution is -2.48. The Morgan fingerprint density at radius 3 is 2.67 bits per heavy atom. The summed E-state index contributed by atoms with van der Waals surface area (Å²) < 4.78 is 44.4. The Hall–Kier alpha value is -2.42. The van der Waals surface area contributed by atoms with Crippen LogP contribution in [0.5, 0.6) is 0 Å². The van der Waals surface area contributed by atoms with Crippen molar-refractivity contribution in [3.8, 4) is 11.4 Å². The van der Waals surface area contributed by atoms with Gasteiger partial charge in [-0.3, -0.25) is 9.69 Å². The first-order chi connectivity index (χ1) is 14.3. The third-order valence-electron chi connectivity index (χ3n) is 6.23. The lowest BCUT2D eigenvalue weighted by molar-refractivity contribution is -0.137. The summed E-state index contributed by atoms with van der Waals surface area (Å²) >= 11 is 0. The predicted molar refractivity (Wildman–Crippen MR) is 103 cm³/mol. The van der Waals surface area contributed by atoms with E-state index < -0.39 is 11.7 Å². The number of halogens is 3. The van der Waals surface area contributed by atoms with Crippen molar-refractivity contribution >= 4 is 5.91 Å². The summed E-state index contributed by atoms with van der Waals surface area (Å²) in [5.74, 6) is 0.619. The molecule has 3 heterocycles. The molecule has 2 aliphatic heterocycles. The predicted octanol–water partition coefficient (Wildman–Crippen LogP) is 4.29. The fraction of sp³-hybridized carbons (Fsp3) is 0.571. The van der Waals surface area contributed by atoms with Gasteiger partial charge >= 0.3 is 6.18 Å². The van der Waals surface area contributed by atoms with Crippen molar-refractivity contribution in [2.24, 2.45) is 0 Å². The van der Waals surface area contributed by atoms with E-state index in [4.69, 9.17) is 4.52 Å². The van der Waals surface area contributed by atoms with Gasteiger partial charge in [0.05, 0.1) is 11.6 Å². The molecule has 1 aromatic carbocycles. The SMILES string of the molecule is CC(=O)N1CCC[C@@H]1[C@@H]1CCCN1[C@@H](C)c1nc(-c2cccc(C(F)(F)F)c2)no1. The minimum absolute atomic E-state index is 0.0987. The van der Waals surface area contributed by atoms with Gasteiger partial charge in [-0.25, -0.2) is 0 Å². The molecule has 0 bridgehead atoms. The fourth-order valence-corrected chi connectivity index (χ4v) is 4.79. The van der Waals surface area contributed by atoms with Gasteiger partial charge in [0, 0.05) is 31.1 Å². The molecule has 2 fully saturated rings. The number of likely N-dealkylation sites (tertiary alicyclic amines) is 2. The Kier molecular flexibility index (Phi) is 5.57. The van der Waals surface area contributed by atoms with E-state index in [1.54, 1.807) is 6.92 Å². The molecular weight excluding hydrogens is 397 g/mol. The summed E-state index contributed by atoms with van der Waals surface area (Å²) in [5, 5.41) is 3.92. The number of benzene rings is 1. The summed E-state index contributed by atoms with van der Waals surface area (Å²) in [7, 11) is 0. The molecule has 3 atom stereocenters. The van der Waals surface area contributed by atoms with Gasteiger partial charge in [0.25, 0.3) is 0 Å². The maximum atomic E-state index is 13.0. The Bertz CT molecular complexity index is 914. The first-order valence-electron chi connectivity index (χ1n) is 10.3. The van der Waals surface area contributed by atoms with Crippen LogP contribution in [0.3, 0.4) is 0 Å². The van der Waals surface area contributed by atoms with Crippen LogP contribution in [0.1, 0.15) is 57.0 Å². The molecule has 0 aliphatic carbocycles. The van der Waals surface area contributed by atoms with Crippen molar-refractivity contribution in [3.05, 3.63) is 35.7 Å². The molecule has 0 spiro atoms. The molecule has 4 rings (SSSR count). The van der Waals surface area contributed by atoms with E-state index in [0.29, 0.717) is 5.89 Å². The van der Waals surface area contributed by atoms with Crippen LogP contribution in [0.2, 0.25) is 0 Å². The van der Waals surface area contributed by atoms with Crippen molar-refractivity contribution in [3.63, 3.8) is 0 Å². The van der Waals surface area contributed by atoms with E-state index in [1.807, 2.05) is 11.8 Å². The number of rotatable bonds is 4. The van der Waals surface area contributed by atoms with Crippen molar-refractivity contribution in [2.75, 3.05) is 13.1 Å². The summed E-state index contributed by atoms with van der Waals surface area (Å²) in [6.07, 6.45) is -0.433. The van der Waals surface area contributed by atoms with Crippen molar-refractivity contribution in [1.29, 1.82) is 0 Å². The first-order valence-corrected chi connectivity index (χ1v) is 10.3. The average molecular weight is 422 g/mol. The lowest BCUT2D eigenvalue weighted by atomic mass is 10.0. The highest BCUT2D eigenvalue weighted by atomic mass is 19.4. The normalized spacial score (nSPS) is 23.8. The highest BCUT2D eigenvalue weighted by Crippen LogP contribution is 2.36. The Morgan fingerprint density at radius 1 is 1.20 bits per heavy atom. The highest BCUT2D eigenvalue weighted by molar-refractivity contribution is 5.74. The summed E-state index contributed by atoms with van der Waals surface area (Å²) in [6, 6.07) is 5.14. The second kappa shape index (κ2) is 8.02. The zero-order valence-corrected chi connectivity index (χ0v) is 17.0. The molecule has 0 saturated carbocycles. The van der Waals surface area contributed by atoms with Gasteiger partial charge in [0.1, 0.15) is 0 Å². The number of amides is 1. The van der Waals surface area contributed by atoms with Crippen LogP contribution in [-0.4, -0.2) is 51.0 Å². The second-order valence-electron chi connectivity index (χ2n) is 8.08.